The van der Waals surface area contributed by atoms with E-state index in [1.165, 1.54) is 0 Å². The largest absolute Gasteiger partial charge is 0.381 e. The number of fused-ring (bicyclic) bond motifs is 1. The first-order chi connectivity index (χ1) is 13.7. The molecule has 2 aliphatic rings. The fraction of sp³-hybridized carbons (Fsp3) is 0.421. The van der Waals surface area contributed by atoms with Crippen LogP contribution in [0.1, 0.15) is 34.5 Å². The molecule has 0 atom stereocenters. The second kappa shape index (κ2) is 8.30. The quantitative estimate of drug-likeness (QED) is 0.831. The molecule has 9 heteroatoms. The minimum atomic E-state index is -0.264. The van der Waals surface area contributed by atoms with Gasteiger partial charge in [-0.1, -0.05) is 0 Å². The third-order valence-corrected chi connectivity index (χ3v) is 5.04. The Bertz CT molecular complexity index is 826. The van der Waals surface area contributed by atoms with Crippen molar-refractivity contribution < 1.29 is 14.3 Å². The number of aromatic nitrogens is 3. The molecule has 1 saturated heterocycles. The van der Waals surface area contributed by atoms with Crippen LogP contribution < -0.4 is 10.6 Å². The van der Waals surface area contributed by atoms with Gasteiger partial charge in [0.2, 0.25) is 0 Å². The van der Waals surface area contributed by atoms with E-state index in [1.54, 1.807) is 29.4 Å². The number of urea groups is 1. The van der Waals surface area contributed by atoms with Gasteiger partial charge in [0.1, 0.15) is 0 Å². The van der Waals surface area contributed by atoms with Crippen molar-refractivity contribution in [2.75, 3.05) is 25.1 Å². The molecule has 0 aliphatic carbocycles. The second-order valence-corrected chi connectivity index (χ2v) is 7.00. The molecule has 146 valence electrons. The Kier molecular flexibility index (Phi) is 5.43. The molecular formula is C19H22N6O3. The number of hydrogen-bond donors (Lipinski definition) is 2. The third-order valence-electron chi connectivity index (χ3n) is 5.04. The van der Waals surface area contributed by atoms with E-state index < -0.39 is 0 Å². The predicted molar refractivity (Wildman–Crippen MR) is 100 cm³/mol. The van der Waals surface area contributed by atoms with E-state index in [4.69, 9.17) is 4.74 Å². The number of carbonyl (C=O) groups is 2. The number of nitrogens with one attached hydrogen (secondary N) is 2. The molecule has 0 aromatic carbocycles. The molecule has 2 aromatic rings. The summed E-state index contributed by atoms with van der Waals surface area (Å²) in [6.45, 7) is 3.13. The van der Waals surface area contributed by atoms with Crippen LogP contribution in [0.25, 0.3) is 0 Å². The van der Waals surface area contributed by atoms with Gasteiger partial charge in [-0.2, -0.15) is 0 Å². The molecule has 0 unspecified atom stereocenters. The molecule has 0 radical (unpaired) electrons. The molecule has 2 aromatic heterocycles. The maximum absolute atomic E-state index is 12.4. The van der Waals surface area contributed by atoms with Crippen LogP contribution >= 0.6 is 0 Å². The van der Waals surface area contributed by atoms with Crippen LogP contribution in [0.4, 0.5) is 10.6 Å². The summed E-state index contributed by atoms with van der Waals surface area (Å²) in [5, 5.41) is 13.5. The number of hydrogen-bond acceptors (Lipinski definition) is 6. The lowest BCUT2D eigenvalue weighted by molar-refractivity contribution is 0.0642. The van der Waals surface area contributed by atoms with Crippen molar-refractivity contribution >= 4 is 17.8 Å². The molecule has 0 bridgehead atoms. The summed E-state index contributed by atoms with van der Waals surface area (Å²) >= 11 is 0. The van der Waals surface area contributed by atoms with Gasteiger partial charge in [0.05, 0.1) is 0 Å². The van der Waals surface area contributed by atoms with Crippen LogP contribution in [0.5, 0.6) is 0 Å². The number of pyridine rings is 1. The Morgan fingerprint density at radius 3 is 2.68 bits per heavy atom. The van der Waals surface area contributed by atoms with Crippen LogP contribution in [0.3, 0.4) is 0 Å². The number of anilines is 1. The Hall–Kier alpha value is -3.07. The van der Waals surface area contributed by atoms with E-state index in [0.29, 0.717) is 31.4 Å². The number of amides is 3. The highest BCUT2D eigenvalue weighted by atomic mass is 16.5. The Balaban J connectivity index is 1.28. The average molecular weight is 382 g/mol. The SMILES string of the molecule is O=C(NCC1CCOCC1)c1ccc(NC(=O)N2Cc3ccncc3C2)nn1. The van der Waals surface area contributed by atoms with E-state index in [0.717, 1.165) is 37.2 Å². The zero-order valence-electron chi connectivity index (χ0n) is 15.4. The molecular weight excluding hydrogens is 360 g/mol. The molecule has 2 N–H and O–H groups in total. The Labute approximate surface area is 162 Å². The van der Waals surface area contributed by atoms with Crippen LogP contribution in [0.2, 0.25) is 0 Å². The molecule has 2 aliphatic heterocycles. The molecule has 28 heavy (non-hydrogen) atoms. The Morgan fingerprint density at radius 1 is 1.11 bits per heavy atom. The summed E-state index contributed by atoms with van der Waals surface area (Å²) in [5.41, 5.74) is 2.36. The lowest BCUT2D eigenvalue weighted by atomic mass is 10.0. The zero-order chi connectivity index (χ0) is 19.3. The standard InChI is InChI=1S/C19H22N6O3/c26-18(21-9-13-4-7-28-8-5-13)16-1-2-17(24-23-16)22-19(27)25-11-14-3-6-20-10-15(14)12-25/h1-3,6,10,13H,4-5,7-9,11-12H2,(H,21,26)(H,22,24,27). The highest BCUT2D eigenvalue weighted by molar-refractivity contribution is 5.93. The fourth-order valence-electron chi connectivity index (χ4n) is 3.35. The van der Waals surface area contributed by atoms with Crippen molar-refractivity contribution in [2.24, 2.45) is 5.92 Å². The topological polar surface area (TPSA) is 109 Å². The average Bonchev–Trinajstić information content (AvgIpc) is 3.18. The first kappa shape index (κ1) is 18.3. The summed E-state index contributed by atoms with van der Waals surface area (Å²) in [4.78, 5) is 30.4. The van der Waals surface area contributed by atoms with Gasteiger partial charge in [0.15, 0.2) is 11.5 Å². The number of rotatable bonds is 4. The third kappa shape index (κ3) is 4.25. The number of ether oxygens (including phenoxy) is 1. The molecule has 1 fully saturated rings. The maximum atomic E-state index is 12.4. The van der Waals surface area contributed by atoms with Crippen LogP contribution in [-0.2, 0) is 17.8 Å². The zero-order valence-corrected chi connectivity index (χ0v) is 15.4. The van der Waals surface area contributed by atoms with Crippen molar-refractivity contribution in [1.82, 2.24) is 25.4 Å². The molecule has 4 rings (SSSR count). The molecule has 9 nitrogen and oxygen atoms in total. The number of carbonyl (C=O) groups excluding carboxylic acids is 2. The summed E-state index contributed by atoms with van der Waals surface area (Å²) in [6, 6.07) is 4.79. The van der Waals surface area contributed by atoms with Gasteiger partial charge in [-0.3, -0.25) is 15.1 Å². The molecule has 4 heterocycles. The van der Waals surface area contributed by atoms with Gasteiger partial charge in [0, 0.05) is 45.2 Å². The first-order valence-electron chi connectivity index (χ1n) is 9.36. The highest BCUT2D eigenvalue weighted by Crippen LogP contribution is 2.22. The van der Waals surface area contributed by atoms with E-state index in [-0.39, 0.29) is 17.6 Å². The fourth-order valence-corrected chi connectivity index (χ4v) is 3.35. The highest BCUT2D eigenvalue weighted by Gasteiger charge is 2.23. The maximum Gasteiger partial charge on any atom is 0.323 e. The molecule has 0 saturated carbocycles. The summed E-state index contributed by atoms with van der Waals surface area (Å²) in [6.07, 6.45) is 5.40. The predicted octanol–water partition coefficient (Wildman–Crippen LogP) is 1.58. The van der Waals surface area contributed by atoms with E-state index >= 15 is 0 Å². The molecule has 0 spiro atoms. The van der Waals surface area contributed by atoms with Crippen LogP contribution in [0, 0.1) is 5.92 Å². The summed E-state index contributed by atoms with van der Waals surface area (Å²) in [5.74, 6) is 0.475. The summed E-state index contributed by atoms with van der Waals surface area (Å²) in [7, 11) is 0. The van der Waals surface area contributed by atoms with E-state index in [1.807, 2.05) is 6.07 Å². The lowest BCUT2D eigenvalue weighted by Gasteiger charge is -2.21. The smallest absolute Gasteiger partial charge is 0.323 e. The van der Waals surface area contributed by atoms with Crippen molar-refractivity contribution in [3.05, 3.63) is 47.4 Å². The monoisotopic (exact) mass is 382 g/mol. The minimum absolute atomic E-state index is 0.227. The van der Waals surface area contributed by atoms with Gasteiger partial charge in [-0.15, -0.1) is 10.2 Å². The van der Waals surface area contributed by atoms with E-state index in [9.17, 15) is 9.59 Å². The van der Waals surface area contributed by atoms with Crippen molar-refractivity contribution in [2.45, 2.75) is 25.9 Å². The lowest BCUT2D eigenvalue weighted by Crippen LogP contribution is -2.33. The van der Waals surface area contributed by atoms with Crippen molar-refractivity contribution in [3.8, 4) is 0 Å². The van der Waals surface area contributed by atoms with Crippen molar-refractivity contribution in [3.63, 3.8) is 0 Å². The first-order valence-corrected chi connectivity index (χ1v) is 9.36. The Morgan fingerprint density at radius 2 is 1.93 bits per heavy atom. The van der Waals surface area contributed by atoms with Crippen LogP contribution in [-0.4, -0.2) is 51.8 Å². The normalized spacial score (nSPS) is 16.5. The summed E-state index contributed by atoms with van der Waals surface area (Å²) < 4.78 is 5.32. The molecule has 3 amide bonds. The van der Waals surface area contributed by atoms with Gasteiger partial charge < -0.3 is 15.0 Å². The van der Waals surface area contributed by atoms with Gasteiger partial charge in [-0.05, 0) is 48.1 Å². The van der Waals surface area contributed by atoms with Gasteiger partial charge in [0.25, 0.3) is 5.91 Å². The minimum Gasteiger partial charge on any atom is -0.381 e. The van der Waals surface area contributed by atoms with E-state index in [2.05, 4.69) is 25.8 Å². The van der Waals surface area contributed by atoms with Gasteiger partial charge in [-0.25, -0.2) is 4.79 Å². The number of nitrogens with zero attached hydrogens (tertiary/aromatic N) is 4. The van der Waals surface area contributed by atoms with Crippen molar-refractivity contribution in [1.29, 1.82) is 0 Å². The van der Waals surface area contributed by atoms with Gasteiger partial charge >= 0.3 is 6.03 Å². The van der Waals surface area contributed by atoms with Crippen LogP contribution in [0.15, 0.2) is 30.6 Å². The second-order valence-electron chi connectivity index (χ2n) is 7.00.